The Bertz CT molecular complexity index is 1590. The average Bonchev–Trinajstić information content (AvgIpc) is 3.17. The number of H-pyrrole nitrogens is 1. The molecule has 5 rings (SSSR count). The molecule has 2 aromatic carbocycles. The summed E-state index contributed by atoms with van der Waals surface area (Å²) in [6.45, 7) is 5.25. The summed E-state index contributed by atoms with van der Waals surface area (Å²) in [5.74, 6) is -0.472. The van der Waals surface area contributed by atoms with E-state index in [2.05, 4.69) is 15.3 Å². The molecule has 1 amide bonds. The van der Waals surface area contributed by atoms with Crippen LogP contribution in [-0.2, 0) is 25.9 Å². The Morgan fingerprint density at radius 3 is 2.76 bits per heavy atom. The number of aromatic amines is 1. The topological polar surface area (TPSA) is 138 Å². The summed E-state index contributed by atoms with van der Waals surface area (Å²) in [6, 6.07) is 5.92. The first-order chi connectivity index (χ1) is 16.3. The van der Waals surface area contributed by atoms with Crippen LogP contribution in [0.3, 0.4) is 0 Å². The van der Waals surface area contributed by atoms with Crippen molar-refractivity contribution in [2.45, 2.75) is 39.8 Å². The molecule has 0 saturated carbocycles. The lowest BCUT2D eigenvalue weighted by atomic mass is 9.96. The summed E-state index contributed by atoms with van der Waals surface area (Å²) < 4.78 is 0. The van der Waals surface area contributed by atoms with Crippen LogP contribution in [0.25, 0.3) is 10.2 Å². The number of nitrogen functional groups attached to an aromatic ring is 1. The average molecular weight is 478 g/mol. The molecule has 0 fully saturated rings. The summed E-state index contributed by atoms with van der Waals surface area (Å²) in [5.41, 5.74) is 8.55. The molecule has 2 aromatic heterocycles. The predicted molar refractivity (Wildman–Crippen MR) is 132 cm³/mol. The van der Waals surface area contributed by atoms with Crippen molar-refractivity contribution in [3.05, 3.63) is 82.0 Å². The van der Waals surface area contributed by atoms with Gasteiger partial charge in [0.2, 0.25) is 5.82 Å². The lowest BCUT2D eigenvalue weighted by Gasteiger charge is -2.32. The van der Waals surface area contributed by atoms with Crippen molar-refractivity contribution >= 4 is 38.8 Å². The van der Waals surface area contributed by atoms with Crippen LogP contribution >= 0.6 is 11.3 Å². The van der Waals surface area contributed by atoms with Crippen molar-refractivity contribution in [2.75, 3.05) is 17.2 Å². The van der Waals surface area contributed by atoms with Crippen molar-refractivity contribution in [2.24, 2.45) is 0 Å². The van der Waals surface area contributed by atoms with Crippen molar-refractivity contribution in [3.63, 3.8) is 0 Å². The normalized spacial score (nSPS) is 13.4. The Hall–Kier alpha value is -3.79. The number of nitrogens with zero attached hydrogens (tertiary/aromatic N) is 2. The zero-order valence-electron chi connectivity index (χ0n) is 18.8. The zero-order valence-corrected chi connectivity index (χ0v) is 19.6. The molecule has 4 aromatic rings. The number of nitrogens with two attached hydrogens (primary N) is 1. The molecule has 174 valence electrons. The standard InChI is InChI=1S/C24H23N5O4S/c1-3-15-11(2)16-22(32)27-21(28-24(16)34-15)23(33)26-9-12-4-5-13-6-7-29(10-14(13)8-12)18-17(25)19(30)20(18)31/h4-5,8H,3,6-7,9-10,25H2,1-2H3,(H,26,33)(H,27,28,32). The van der Waals surface area contributed by atoms with Crippen LogP contribution in [0.2, 0.25) is 0 Å². The molecule has 0 atom stereocenters. The zero-order chi connectivity index (χ0) is 24.1. The number of rotatable bonds is 5. The molecule has 0 aliphatic carbocycles. The number of aryl methyl sites for hydroxylation is 2. The van der Waals surface area contributed by atoms with Crippen LogP contribution in [0.15, 0.2) is 32.6 Å². The van der Waals surface area contributed by atoms with E-state index in [1.807, 2.05) is 36.9 Å². The summed E-state index contributed by atoms with van der Waals surface area (Å²) in [6.07, 6.45) is 1.53. The smallest absolute Gasteiger partial charge is 0.287 e. The fourth-order valence-electron chi connectivity index (χ4n) is 4.52. The first-order valence-corrected chi connectivity index (χ1v) is 11.8. The number of amides is 1. The van der Waals surface area contributed by atoms with Crippen molar-refractivity contribution in [3.8, 4) is 0 Å². The van der Waals surface area contributed by atoms with Gasteiger partial charge in [0, 0.05) is 24.5 Å². The second-order valence-electron chi connectivity index (χ2n) is 8.48. The van der Waals surface area contributed by atoms with E-state index in [0.717, 1.165) is 40.0 Å². The predicted octanol–water partition coefficient (Wildman–Crippen LogP) is 1.53. The number of fused-ring (bicyclic) bond motifs is 2. The van der Waals surface area contributed by atoms with Crippen LogP contribution in [0, 0.1) is 6.92 Å². The Kier molecular flexibility index (Phi) is 5.32. The molecule has 0 bridgehead atoms. The van der Waals surface area contributed by atoms with Gasteiger partial charge in [0.05, 0.1) is 5.39 Å². The molecule has 0 saturated heterocycles. The van der Waals surface area contributed by atoms with E-state index in [9.17, 15) is 19.2 Å². The number of benzene rings is 1. The minimum Gasteiger partial charge on any atom is -0.394 e. The highest BCUT2D eigenvalue weighted by atomic mass is 32.1. The summed E-state index contributed by atoms with van der Waals surface area (Å²) in [5, 5.41) is 3.36. The van der Waals surface area contributed by atoms with Gasteiger partial charge in [-0.25, -0.2) is 4.98 Å². The van der Waals surface area contributed by atoms with E-state index >= 15 is 0 Å². The Morgan fingerprint density at radius 1 is 1.24 bits per heavy atom. The van der Waals surface area contributed by atoms with Gasteiger partial charge in [-0.2, -0.15) is 0 Å². The molecule has 9 nitrogen and oxygen atoms in total. The largest absolute Gasteiger partial charge is 0.394 e. The van der Waals surface area contributed by atoms with E-state index in [1.165, 1.54) is 11.3 Å². The van der Waals surface area contributed by atoms with Gasteiger partial charge < -0.3 is 20.9 Å². The van der Waals surface area contributed by atoms with Crippen LogP contribution < -0.4 is 32.4 Å². The molecule has 1 aliphatic heterocycles. The van der Waals surface area contributed by atoms with Gasteiger partial charge in [0.15, 0.2) is 0 Å². The number of aromatic nitrogens is 2. The van der Waals surface area contributed by atoms with Gasteiger partial charge >= 0.3 is 0 Å². The highest BCUT2D eigenvalue weighted by Gasteiger charge is 2.27. The van der Waals surface area contributed by atoms with Gasteiger partial charge in [-0.05, 0) is 42.0 Å². The molecule has 0 unspecified atom stereocenters. The van der Waals surface area contributed by atoms with Crippen LogP contribution in [0.4, 0.5) is 11.4 Å². The van der Waals surface area contributed by atoms with Gasteiger partial charge in [-0.3, -0.25) is 19.2 Å². The first-order valence-electron chi connectivity index (χ1n) is 11.0. The third-order valence-corrected chi connectivity index (χ3v) is 7.74. The summed E-state index contributed by atoms with van der Waals surface area (Å²) in [7, 11) is 0. The van der Waals surface area contributed by atoms with E-state index in [-0.39, 0.29) is 23.6 Å². The lowest BCUT2D eigenvalue weighted by Crippen LogP contribution is -2.44. The number of hydrogen-bond acceptors (Lipinski definition) is 8. The third kappa shape index (κ3) is 3.50. The molecule has 0 radical (unpaired) electrons. The van der Waals surface area contributed by atoms with Crippen LogP contribution in [0.1, 0.15) is 44.7 Å². The number of thiophene rings is 1. The fourth-order valence-corrected chi connectivity index (χ4v) is 5.64. The maximum absolute atomic E-state index is 12.7. The highest BCUT2D eigenvalue weighted by molar-refractivity contribution is 7.18. The van der Waals surface area contributed by atoms with E-state index in [4.69, 9.17) is 5.73 Å². The molecule has 10 heteroatoms. The third-order valence-electron chi connectivity index (χ3n) is 6.41. The van der Waals surface area contributed by atoms with Crippen molar-refractivity contribution in [1.29, 1.82) is 0 Å². The van der Waals surface area contributed by atoms with E-state index in [1.54, 1.807) is 0 Å². The Labute approximate surface area is 197 Å². The van der Waals surface area contributed by atoms with E-state index < -0.39 is 16.8 Å². The minimum absolute atomic E-state index is 0.0129. The second-order valence-corrected chi connectivity index (χ2v) is 9.56. The maximum Gasteiger partial charge on any atom is 0.287 e. The lowest BCUT2D eigenvalue weighted by molar-refractivity contribution is 0.0940. The second kappa shape index (κ2) is 8.21. The molecule has 0 spiro atoms. The van der Waals surface area contributed by atoms with Gasteiger partial charge in [-0.1, -0.05) is 25.1 Å². The van der Waals surface area contributed by atoms with Crippen LogP contribution in [0.5, 0.6) is 0 Å². The Balaban J connectivity index is 1.32. The molecule has 3 heterocycles. The van der Waals surface area contributed by atoms with Gasteiger partial charge in [-0.15, -0.1) is 11.3 Å². The number of hydrogen-bond donors (Lipinski definition) is 3. The molecule has 4 N–H and O–H groups in total. The number of carbonyl (C=O) groups is 1. The maximum atomic E-state index is 12.7. The molecule has 34 heavy (non-hydrogen) atoms. The minimum atomic E-state index is -0.620. The van der Waals surface area contributed by atoms with Gasteiger partial charge in [0.1, 0.15) is 16.2 Å². The number of anilines is 2. The highest BCUT2D eigenvalue weighted by Crippen LogP contribution is 2.28. The van der Waals surface area contributed by atoms with Crippen molar-refractivity contribution < 1.29 is 4.79 Å². The first kappa shape index (κ1) is 22.0. The quantitative estimate of drug-likeness (QED) is 0.371. The SMILES string of the molecule is CCc1sc2nc(C(=O)NCc3ccc4c(c3)CN(c3c(N)c(=O)c3=O)CC4)[nH]c(=O)c2c1C. The van der Waals surface area contributed by atoms with E-state index in [0.29, 0.717) is 29.0 Å². The number of nitrogens with one attached hydrogen (secondary N) is 2. The Morgan fingerprint density at radius 2 is 2.03 bits per heavy atom. The fraction of sp³-hybridized carbons (Fsp3) is 0.292. The summed E-state index contributed by atoms with van der Waals surface area (Å²) in [4.78, 5) is 59.1. The molecular weight excluding hydrogens is 454 g/mol. The van der Waals surface area contributed by atoms with Crippen LogP contribution in [-0.4, -0.2) is 22.4 Å². The van der Waals surface area contributed by atoms with Gasteiger partial charge in [0.25, 0.3) is 22.3 Å². The number of carbonyl (C=O) groups excluding carboxylic acids is 1. The molecule has 1 aliphatic rings. The monoisotopic (exact) mass is 477 g/mol. The van der Waals surface area contributed by atoms with Crippen molar-refractivity contribution in [1.82, 2.24) is 15.3 Å². The summed E-state index contributed by atoms with van der Waals surface area (Å²) >= 11 is 1.44. The molecular formula is C24H23N5O4S.